The maximum absolute atomic E-state index is 14.2. The first-order valence-corrected chi connectivity index (χ1v) is 6.60. The molecule has 1 unspecified atom stereocenters. The van der Waals surface area contributed by atoms with Crippen LogP contribution in [-0.2, 0) is 0 Å². The van der Waals surface area contributed by atoms with Crippen LogP contribution in [0.15, 0.2) is 34.8 Å². The lowest BCUT2D eigenvalue weighted by molar-refractivity contribution is 0.504. The van der Waals surface area contributed by atoms with Crippen molar-refractivity contribution >= 4 is 15.9 Å². The lowest BCUT2D eigenvalue weighted by Crippen LogP contribution is -2.31. The molecule has 2 nitrogen and oxygen atoms in total. The first kappa shape index (κ1) is 15.0. The molecule has 0 fully saturated rings. The van der Waals surface area contributed by atoms with Crippen LogP contribution in [0.1, 0.15) is 22.7 Å². The van der Waals surface area contributed by atoms with Gasteiger partial charge in [0.2, 0.25) is 0 Å². The predicted octanol–water partition coefficient (Wildman–Crippen LogP) is 3.73. The molecule has 1 atom stereocenters. The molecule has 6 heteroatoms. The number of hydrogen-bond acceptors (Lipinski definition) is 2. The largest absolute Gasteiger partial charge is 0.271 e. The normalized spacial score (nSPS) is 12.5. The molecule has 0 saturated carbocycles. The van der Waals surface area contributed by atoms with Crippen LogP contribution >= 0.6 is 15.9 Å². The van der Waals surface area contributed by atoms with Crippen molar-refractivity contribution in [2.45, 2.75) is 13.0 Å². The van der Waals surface area contributed by atoms with Crippen LogP contribution in [0.2, 0.25) is 0 Å². The third-order valence-corrected chi connectivity index (χ3v) is 3.77. The van der Waals surface area contributed by atoms with E-state index >= 15 is 0 Å². The molecule has 106 valence electrons. The summed E-state index contributed by atoms with van der Waals surface area (Å²) in [6.45, 7) is 1.52. The average Bonchev–Trinajstić information content (AvgIpc) is 2.42. The maximum atomic E-state index is 14.2. The van der Waals surface area contributed by atoms with Crippen LogP contribution < -0.4 is 11.3 Å². The number of nitrogens with one attached hydrogen (secondary N) is 1. The van der Waals surface area contributed by atoms with E-state index in [1.165, 1.54) is 31.2 Å². The maximum Gasteiger partial charge on any atom is 0.134 e. The first-order valence-electron chi connectivity index (χ1n) is 5.81. The minimum Gasteiger partial charge on any atom is -0.271 e. The van der Waals surface area contributed by atoms with Crippen LogP contribution in [0.3, 0.4) is 0 Å². The van der Waals surface area contributed by atoms with Gasteiger partial charge in [-0.3, -0.25) is 5.84 Å². The highest BCUT2D eigenvalue weighted by atomic mass is 79.9. The van der Waals surface area contributed by atoms with E-state index in [1.807, 2.05) is 0 Å². The van der Waals surface area contributed by atoms with E-state index in [0.717, 1.165) is 6.07 Å². The number of halogens is 4. The Labute approximate surface area is 122 Å². The molecule has 2 aromatic rings. The van der Waals surface area contributed by atoms with E-state index in [0.29, 0.717) is 10.0 Å². The zero-order valence-electron chi connectivity index (χ0n) is 10.6. The number of hydrogen-bond donors (Lipinski definition) is 2. The Balaban J connectivity index is 2.64. The molecular formula is C14H12BrF3N2. The molecule has 3 N–H and O–H groups in total. The topological polar surface area (TPSA) is 38.0 Å². The van der Waals surface area contributed by atoms with E-state index in [2.05, 4.69) is 21.4 Å². The average molecular weight is 345 g/mol. The van der Waals surface area contributed by atoms with Gasteiger partial charge < -0.3 is 0 Å². The molecule has 20 heavy (non-hydrogen) atoms. The Kier molecular flexibility index (Phi) is 4.47. The van der Waals surface area contributed by atoms with Gasteiger partial charge in [-0.1, -0.05) is 22.0 Å². The summed E-state index contributed by atoms with van der Waals surface area (Å²) in [4.78, 5) is 0. The Morgan fingerprint density at radius 1 is 1.15 bits per heavy atom. The van der Waals surface area contributed by atoms with Crippen LogP contribution in [0.5, 0.6) is 0 Å². The van der Waals surface area contributed by atoms with Crippen molar-refractivity contribution in [1.29, 1.82) is 0 Å². The number of benzene rings is 2. The van der Waals surface area contributed by atoms with Crippen molar-refractivity contribution in [2.24, 2.45) is 5.84 Å². The fraction of sp³-hybridized carbons (Fsp3) is 0.143. The second kappa shape index (κ2) is 5.95. The second-order valence-electron chi connectivity index (χ2n) is 4.36. The molecule has 0 spiro atoms. The highest BCUT2D eigenvalue weighted by Gasteiger charge is 2.24. The Bertz CT molecular complexity index is 647. The molecule has 0 aliphatic rings. The van der Waals surface area contributed by atoms with E-state index in [-0.39, 0.29) is 11.1 Å². The summed E-state index contributed by atoms with van der Waals surface area (Å²) >= 11 is 3.23. The highest BCUT2D eigenvalue weighted by molar-refractivity contribution is 9.10. The summed E-state index contributed by atoms with van der Waals surface area (Å²) in [7, 11) is 0. The minimum absolute atomic E-state index is 0.237. The van der Waals surface area contributed by atoms with E-state index in [1.54, 1.807) is 0 Å². The minimum atomic E-state index is -1.00. The molecule has 0 heterocycles. The number of nitrogens with two attached hydrogens (primary N) is 1. The lowest BCUT2D eigenvalue weighted by Gasteiger charge is -2.20. The zero-order valence-corrected chi connectivity index (χ0v) is 12.1. The molecule has 0 bridgehead atoms. The SMILES string of the molecule is Cc1ccc(F)c(C(NN)c2cc(F)ccc2Br)c1F. The van der Waals surface area contributed by atoms with Gasteiger partial charge >= 0.3 is 0 Å². The summed E-state index contributed by atoms with van der Waals surface area (Å²) in [5.41, 5.74) is 2.70. The van der Waals surface area contributed by atoms with Gasteiger partial charge in [-0.2, -0.15) is 0 Å². The van der Waals surface area contributed by atoms with Crippen molar-refractivity contribution in [1.82, 2.24) is 5.43 Å². The van der Waals surface area contributed by atoms with Crippen molar-refractivity contribution in [3.63, 3.8) is 0 Å². The number of hydrazine groups is 1. The Morgan fingerprint density at radius 2 is 1.85 bits per heavy atom. The van der Waals surface area contributed by atoms with Crippen molar-refractivity contribution < 1.29 is 13.2 Å². The zero-order chi connectivity index (χ0) is 14.9. The van der Waals surface area contributed by atoms with Crippen molar-refractivity contribution in [3.05, 3.63) is 68.9 Å². The van der Waals surface area contributed by atoms with Gasteiger partial charge in [0.05, 0.1) is 6.04 Å². The van der Waals surface area contributed by atoms with Crippen LogP contribution in [0.25, 0.3) is 0 Å². The molecule has 0 aliphatic carbocycles. The van der Waals surface area contributed by atoms with E-state index in [9.17, 15) is 13.2 Å². The first-order chi connectivity index (χ1) is 9.45. The van der Waals surface area contributed by atoms with Gasteiger partial charge in [0.1, 0.15) is 17.5 Å². The number of rotatable bonds is 3. The van der Waals surface area contributed by atoms with Gasteiger partial charge in [0, 0.05) is 10.0 Å². The molecule has 0 amide bonds. The predicted molar refractivity (Wildman–Crippen MR) is 74.4 cm³/mol. The van der Waals surface area contributed by atoms with Crippen LogP contribution in [0.4, 0.5) is 13.2 Å². The summed E-state index contributed by atoms with van der Waals surface area (Å²) in [6.07, 6.45) is 0. The standard InChI is InChI=1S/C14H12BrF3N2/c1-7-2-5-11(17)12(13(7)18)14(20-19)9-6-8(16)3-4-10(9)15/h2-6,14,20H,19H2,1H3. The molecule has 2 aromatic carbocycles. The fourth-order valence-corrected chi connectivity index (χ4v) is 2.48. The summed E-state index contributed by atoms with van der Waals surface area (Å²) in [5, 5.41) is 0. The molecule has 2 rings (SSSR count). The Morgan fingerprint density at radius 3 is 2.50 bits per heavy atom. The van der Waals surface area contributed by atoms with E-state index in [4.69, 9.17) is 5.84 Å². The fourth-order valence-electron chi connectivity index (χ4n) is 2.01. The quantitative estimate of drug-likeness (QED) is 0.657. The summed E-state index contributed by atoms with van der Waals surface area (Å²) < 4.78 is 42.0. The monoisotopic (exact) mass is 344 g/mol. The van der Waals surface area contributed by atoms with Crippen molar-refractivity contribution in [2.75, 3.05) is 0 Å². The molecule has 0 radical (unpaired) electrons. The highest BCUT2D eigenvalue weighted by Crippen LogP contribution is 2.32. The van der Waals surface area contributed by atoms with Crippen LogP contribution in [-0.4, -0.2) is 0 Å². The van der Waals surface area contributed by atoms with Gasteiger partial charge in [0.15, 0.2) is 0 Å². The Hall–Kier alpha value is -1.37. The van der Waals surface area contributed by atoms with Gasteiger partial charge in [-0.25, -0.2) is 18.6 Å². The molecule has 0 saturated heterocycles. The molecule has 0 aliphatic heterocycles. The second-order valence-corrected chi connectivity index (χ2v) is 5.21. The van der Waals surface area contributed by atoms with Gasteiger partial charge in [0.25, 0.3) is 0 Å². The lowest BCUT2D eigenvalue weighted by atomic mass is 9.96. The van der Waals surface area contributed by atoms with Gasteiger partial charge in [-0.15, -0.1) is 0 Å². The molecular weight excluding hydrogens is 333 g/mol. The van der Waals surface area contributed by atoms with Gasteiger partial charge in [-0.05, 0) is 42.3 Å². The van der Waals surface area contributed by atoms with E-state index < -0.39 is 23.5 Å². The number of aryl methyl sites for hydroxylation is 1. The third-order valence-electron chi connectivity index (χ3n) is 3.04. The third kappa shape index (κ3) is 2.72. The summed E-state index contributed by atoms with van der Waals surface area (Å²) in [6, 6.07) is 5.37. The smallest absolute Gasteiger partial charge is 0.134 e. The van der Waals surface area contributed by atoms with Crippen LogP contribution in [0, 0.1) is 24.4 Å². The molecule has 0 aromatic heterocycles. The summed E-state index contributed by atoms with van der Waals surface area (Å²) in [5.74, 6) is 3.45. The van der Waals surface area contributed by atoms with Crippen molar-refractivity contribution in [3.8, 4) is 0 Å².